The van der Waals surface area contributed by atoms with Gasteiger partial charge in [-0.15, -0.1) is 29.7 Å². The molecule has 0 aliphatic rings. The predicted molar refractivity (Wildman–Crippen MR) is 302 cm³/mol. The maximum absolute atomic E-state index is 6.78. The zero-order valence-electron chi connectivity index (χ0n) is 44.2. The van der Waals surface area contributed by atoms with E-state index in [-0.39, 0.29) is 37.3 Å². The molecule has 5 nitrogen and oxygen atoms in total. The molecule has 376 valence electrons. The van der Waals surface area contributed by atoms with Gasteiger partial charge in [0.2, 0.25) is 0 Å². The maximum atomic E-state index is 6.78. The first-order valence-electron chi connectivity index (χ1n) is 25.7. The van der Waals surface area contributed by atoms with E-state index in [4.69, 9.17) is 9.72 Å². The van der Waals surface area contributed by atoms with Crippen LogP contribution in [0.3, 0.4) is 0 Å². The third-order valence-electron chi connectivity index (χ3n) is 15.3. The Labute approximate surface area is 457 Å². The topological polar surface area (TPSA) is 35.9 Å². The summed E-state index contributed by atoms with van der Waals surface area (Å²) in [6.45, 7) is 20.6. The number of ether oxygens (including phenoxy) is 1. The molecule has 3 aromatic heterocycles. The Morgan fingerprint density at radius 1 is 0.467 bits per heavy atom. The summed E-state index contributed by atoms with van der Waals surface area (Å²) in [6.07, 6.45) is 7.96. The van der Waals surface area contributed by atoms with Gasteiger partial charge >= 0.3 is 0 Å². The molecule has 0 bridgehead atoms. The first kappa shape index (κ1) is 50.9. The Kier molecular flexibility index (Phi) is 13.5. The van der Waals surface area contributed by atoms with Crippen molar-refractivity contribution in [3.05, 3.63) is 270 Å². The van der Waals surface area contributed by atoms with Crippen LogP contribution in [0.2, 0.25) is 0 Å². The Hall–Kier alpha value is -7.59. The van der Waals surface area contributed by atoms with Crippen LogP contribution in [0, 0.1) is 18.5 Å². The molecule has 6 heteroatoms. The molecule has 11 aromatic rings. The number of pyridine rings is 1. The number of rotatable bonds is 12. The first-order chi connectivity index (χ1) is 35.6. The van der Waals surface area contributed by atoms with E-state index in [9.17, 15) is 0 Å². The van der Waals surface area contributed by atoms with Gasteiger partial charge in [-0.25, -0.2) is 4.98 Å². The summed E-state index contributed by atoms with van der Waals surface area (Å²) in [5, 5.41) is 2.19. The summed E-state index contributed by atoms with van der Waals surface area (Å²) in [5.41, 5.74) is 13.4. The molecule has 0 saturated carbocycles. The van der Waals surface area contributed by atoms with E-state index >= 15 is 0 Å². The van der Waals surface area contributed by atoms with E-state index in [0.29, 0.717) is 11.5 Å². The maximum Gasteiger partial charge on any atom is 0.267 e. The molecule has 0 atom stereocenters. The van der Waals surface area contributed by atoms with Crippen molar-refractivity contribution in [2.45, 2.75) is 84.0 Å². The molecule has 0 radical (unpaired) electrons. The summed E-state index contributed by atoms with van der Waals surface area (Å²) in [5.74, 6) is 1.98. The van der Waals surface area contributed by atoms with Crippen LogP contribution in [-0.4, -0.2) is 14.1 Å². The Balaban J connectivity index is 0.00000641. The Bertz CT molecular complexity index is 3740. The van der Waals surface area contributed by atoms with Gasteiger partial charge in [-0.1, -0.05) is 207 Å². The van der Waals surface area contributed by atoms with Gasteiger partial charge in [0.05, 0.1) is 11.4 Å². The van der Waals surface area contributed by atoms with Crippen LogP contribution in [0.1, 0.15) is 101 Å². The fraction of sp³-hybridized carbons (Fsp3) is 0.188. The van der Waals surface area contributed by atoms with Crippen molar-refractivity contribution in [1.29, 1.82) is 0 Å². The zero-order valence-corrected chi connectivity index (χ0v) is 46.5. The molecule has 3 heterocycles. The fourth-order valence-electron chi connectivity index (χ4n) is 10.4. The van der Waals surface area contributed by atoms with Crippen molar-refractivity contribution in [2.75, 3.05) is 0 Å². The van der Waals surface area contributed by atoms with E-state index in [0.717, 1.165) is 50.3 Å². The summed E-state index contributed by atoms with van der Waals surface area (Å²) < 4.78 is 13.3. The van der Waals surface area contributed by atoms with Crippen LogP contribution in [0.15, 0.2) is 213 Å². The molecule has 0 spiro atoms. The summed E-state index contributed by atoms with van der Waals surface area (Å²) in [4.78, 5) is 4.95. The fourth-order valence-corrected chi connectivity index (χ4v) is 10.4. The summed E-state index contributed by atoms with van der Waals surface area (Å²) >= 11 is 0. The number of benzene rings is 8. The van der Waals surface area contributed by atoms with Crippen molar-refractivity contribution in [2.24, 2.45) is 0 Å². The second-order valence-electron chi connectivity index (χ2n) is 22.2. The van der Waals surface area contributed by atoms with E-state index in [1.165, 1.54) is 38.9 Å². The van der Waals surface area contributed by atoms with Gasteiger partial charge in [0.25, 0.3) is 6.33 Å². The monoisotopic (exact) mass is 1160 g/mol. The van der Waals surface area contributed by atoms with Crippen LogP contribution in [0.5, 0.6) is 11.5 Å². The van der Waals surface area contributed by atoms with Gasteiger partial charge in [-0.05, 0) is 91.3 Å². The zero-order chi connectivity index (χ0) is 51.4. The smallest absolute Gasteiger partial charge is 0.267 e. The van der Waals surface area contributed by atoms with Crippen molar-refractivity contribution in [1.82, 2.24) is 14.1 Å². The van der Waals surface area contributed by atoms with Crippen molar-refractivity contribution < 1.29 is 30.4 Å². The first-order valence-corrected chi connectivity index (χ1v) is 25.7. The largest absolute Gasteiger partial charge is 0.510 e. The Morgan fingerprint density at radius 2 is 1.04 bits per heavy atom. The van der Waals surface area contributed by atoms with E-state index in [1.807, 2.05) is 24.4 Å². The molecule has 11 rings (SSSR count). The third kappa shape index (κ3) is 9.71. The van der Waals surface area contributed by atoms with Crippen molar-refractivity contribution in [3.8, 4) is 39.8 Å². The molecular formula is C69H62N4OPt-2. The van der Waals surface area contributed by atoms with Crippen molar-refractivity contribution >= 4 is 21.8 Å². The standard InChI is InChI=1S/C69H62N4O.Pt/c1-66(2,3)53-37-38-70-65(43-53)73-62-36-33-49(48-23-14-10-15-24-48)39-61(62)60-35-34-59(45-63(60)73)74-58-32-22-31-56(44-58)71-46-64(69(8,9)52-29-20-13-21-30-52)72(47-71)57-41-54(67(4,5)50-25-16-11-17-26-50)40-55(42-57)68(6,7)51-27-18-12-19-28-51;/h10-43,46H,1-9H3;/q-2;. The number of hydrogen-bond donors (Lipinski definition) is 0. The molecular weight excluding hydrogens is 1100 g/mol. The molecule has 0 unspecified atom stereocenters. The minimum absolute atomic E-state index is 0. The van der Waals surface area contributed by atoms with Crippen LogP contribution in [0.4, 0.5) is 0 Å². The Morgan fingerprint density at radius 3 is 1.64 bits per heavy atom. The normalized spacial score (nSPS) is 12.2. The van der Waals surface area contributed by atoms with Gasteiger partial charge in [-0.3, -0.25) is 4.57 Å². The molecule has 0 aliphatic carbocycles. The number of aromatic nitrogens is 4. The number of fused-ring (bicyclic) bond motifs is 3. The number of nitrogens with zero attached hydrogens (tertiary/aromatic N) is 4. The van der Waals surface area contributed by atoms with Crippen LogP contribution >= 0.6 is 0 Å². The van der Waals surface area contributed by atoms with Gasteiger partial charge in [0.1, 0.15) is 5.82 Å². The van der Waals surface area contributed by atoms with E-state index in [1.54, 1.807) is 0 Å². The van der Waals surface area contributed by atoms with Crippen LogP contribution in [0.25, 0.3) is 50.1 Å². The van der Waals surface area contributed by atoms with Gasteiger partial charge in [-0.2, -0.15) is 18.2 Å². The van der Waals surface area contributed by atoms with E-state index in [2.05, 4.69) is 283 Å². The molecule has 0 N–H and O–H groups in total. The molecule has 75 heavy (non-hydrogen) atoms. The van der Waals surface area contributed by atoms with Gasteiger partial charge in [0.15, 0.2) is 0 Å². The van der Waals surface area contributed by atoms with Crippen LogP contribution in [-0.2, 0) is 42.7 Å². The molecule has 0 amide bonds. The molecule has 0 saturated heterocycles. The SMILES string of the molecule is CC(C)(C)c1ccnc(-n2c3[c-]c(Oc4[c-]c(-n5[c-][n+](-c6cc(C(C)(C)c7ccccc7)cc(C(C)(C)c7ccccc7)c6)c(C(C)(C)c6ccccc6)c5)ccc4)ccc3c3cc(-c4ccccc4)ccc32)c1.[Pt]. The quantitative estimate of drug-likeness (QED) is 0.0903. The minimum Gasteiger partial charge on any atom is -0.510 e. The number of imidazole rings is 1. The van der Waals surface area contributed by atoms with E-state index < -0.39 is 5.41 Å². The second-order valence-corrected chi connectivity index (χ2v) is 22.2. The minimum atomic E-state index is -0.427. The third-order valence-corrected chi connectivity index (χ3v) is 15.3. The average Bonchev–Trinajstić information content (AvgIpc) is 4.02. The molecule has 0 aliphatic heterocycles. The van der Waals surface area contributed by atoms with Crippen LogP contribution < -0.4 is 9.30 Å². The van der Waals surface area contributed by atoms with Gasteiger partial charge in [0, 0.05) is 66.7 Å². The van der Waals surface area contributed by atoms with Crippen molar-refractivity contribution in [3.63, 3.8) is 0 Å². The number of hydrogen-bond acceptors (Lipinski definition) is 2. The summed E-state index contributed by atoms with van der Waals surface area (Å²) in [7, 11) is 0. The average molecular weight is 1160 g/mol. The molecule has 0 fully saturated rings. The summed E-state index contributed by atoms with van der Waals surface area (Å²) in [6, 6.07) is 78.6. The predicted octanol–water partition coefficient (Wildman–Crippen LogP) is 16.4. The van der Waals surface area contributed by atoms with Gasteiger partial charge < -0.3 is 13.9 Å². The second kappa shape index (κ2) is 19.9. The molecule has 8 aromatic carbocycles.